The van der Waals surface area contributed by atoms with Crippen molar-refractivity contribution in [3.63, 3.8) is 0 Å². The summed E-state index contributed by atoms with van der Waals surface area (Å²) in [6, 6.07) is 23.5. The van der Waals surface area contributed by atoms with Gasteiger partial charge in [-0.25, -0.2) is 0 Å². The zero-order valence-corrected chi connectivity index (χ0v) is 20.1. The molecule has 0 bridgehead atoms. The number of rotatable bonds is 6. The van der Waals surface area contributed by atoms with Gasteiger partial charge in [-0.3, -0.25) is 14.3 Å². The molecule has 2 aromatic carbocycles. The van der Waals surface area contributed by atoms with Crippen molar-refractivity contribution in [2.45, 2.75) is 6.54 Å². The largest absolute Gasteiger partial charge is 0.336 e. The van der Waals surface area contributed by atoms with E-state index in [2.05, 4.69) is 12.1 Å². The summed E-state index contributed by atoms with van der Waals surface area (Å²) in [4.78, 5) is 30.3. The van der Waals surface area contributed by atoms with Crippen LogP contribution in [0.4, 0.5) is 0 Å². The van der Waals surface area contributed by atoms with Crippen molar-refractivity contribution in [2.75, 3.05) is 26.2 Å². The quantitative estimate of drug-likeness (QED) is 0.376. The molecule has 0 N–H and O–H groups in total. The Hall–Kier alpha value is -3.97. The molecule has 0 spiro atoms. The van der Waals surface area contributed by atoms with Gasteiger partial charge in [0.25, 0.3) is 5.91 Å². The summed E-state index contributed by atoms with van der Waals surface area (Å²) in [5.74, 6) is -0.0376. The minimum Gasteiger partial charge on any atom is -0.336 e. The second-order valence-corrected chi connectivity index (χ2v) is 9.36. The van der Waals surface area contributed by atoms with E-state index in [0.717, 1.165) is 16.1 Å². The predicted molar refractivity (Wildman–Crippen MR) is 139 cm³/mol. The SMILES string of the molecule is O=C(/C=C/c1cn(Cc2ccccc2)nc1-c1cccs1)N1CCN(C(=O)c2ccccc2)CC1. The molecular formula is C28H26N4O2S. The molecule has 1 fully saturated rings. The van der Waals surface area contributed by atoms with Crippen LogP contribution in [0.25, 0.3) is 16.6 Å². The van der Waals surface area contributed by atoms with Gasteiger partial charge in [-0.05, 0) is 35.2 Å². The van der Waals surface area contributed by atoms with Crippen LogP contribution in [0, 0.1) is 0 Å². The summed E-state index contributed by atoms with van der Waals surface area (Å²) >= 11 is 1.63. The molecule has 2 amide bonds. The van der Waals surface area contributed by atoms with Gasteiger partial charge in [0, 0.05) is 49.6 Å². The lowest BCUT2D eigenvalue weighted by molar-refractivity contribution is -0.127. The van der Waals surface area contributed by atoms with Crippen molar-refractivity contribution in [1.82, 2.24) is 19.6 Å². The molecule has 1 aliphatic rings. The van der Waals surface area contributed by atoms with Crippen molar-refractivity contribution in [2.24, 2.45) is 0 Å². The van der Waals surface area contributed by atoms with Crippen LogP contribution in [0.3, 0.4) is 0 Å². The first-order valence-electron chi connectivity index (χ1n) is 11.6. The highest BCUT2D eigenvalue weighted by molar-refractivity contribution is 7.13. The summed E-state index contributed by atoms with van der Waals surface area (Å²) in [5, 5.41) is 6.83. The Morgan fingerprint density at radius 1 is 0.857 bits per heavy atom. The Bertz CT molecular complexity index is 1310. The highest BCUT2D eigenvalue weighted by atomic mass is 32.1. The Labute approximate surface area is 208 Å². The highest BCUT2D eigenvalue weighted by Crippen LogP contribution is 2.28. The lowest BCUT2D eigenvalue weighted by Gasteiger charge is -2.34. The molecular weight excluding hydrogens is 456 g/mol. The zero-order valence-electron chi connectivity index (χ0n) is 19.3. The predicted octanol–water partition coefficient (Wildman–Crippen LogP) is 4.66. The summed E-state index contributed by atoms with van der Waals surface area (Å²) in [6.45, 7) is 2.77. The average molecular weight is 483 g/mol. The van der Waals surface area contributed by atoms with E-state index in [9.17, 15) is 9.59 Å². The van der Waals surface area contributed by atoms with E-state index in [1.54, 1.807) is 22.3 Å². The van der Waals surface area contributed by atoms with Gasteiger partial charge >= 0.3 is 0 Å². The van der Waals surface area contributed by atoms with E-state index in [0.29, 0.717) is 38.3 Å². The molecule has 3 heterocycles. The van der Waals surface area contributed by atoms with Crippen LogP contribution in [-0.2, 0) is 11.3 Å². The first-order valence-corrected chi connectivity index (χ1v) is 12.5. The molecule has 1 saturated heterocycles. The first-order chi connectivity index (χ1) is 17.2. The third-order valence-corrected chi connectivity index (χ3v) is 6.91. The number of thiophene rings is 1. The van der Waals surface area contributed by atoms with Crippen molar-refractivity contribution >= 4 is 29.2 Å². The second-order valence-electron chi connectivity index (χ2n) is 8.41. The number of piperazine rings is 1. The minimum absolute atomic E-state index is 0.0136. The molecule has 6 nitrogen and oxygen atoms in total. The second kappa shape index (κ2) is 10.5. The molecule has 0 radical (unpaired) electrons. The first kappa shape index (κ1) is 22.8. The van der Waals surface area contributed by atoms with Gasteiger partial charge in [-0.15, -0.1) is 11.3 Å². The topological polar surface area (TPSA) is 58.4 Å². The number of carbonyl (C=O) groups is 2. The molecule has 176 valence electrons. The lowest BCUT2D eigenvalue weighted by Crippen LogP contribution is -2.50. The van der Waals surface area contributed by atoms with E-state index < -0.39 is 0 Å². The minimum atomic E-state index is -0.0512. The van der Waals surface area contributed by atoms with E-state index in [4.69, 9.17) is 5.10 Å². The number of amides is 2. The van der Waals surface area contributed by atoms with Crippen LogP contribution in [-0.4, -0.2) is 57.6 Å². The Morgan fingerprint density at radius 2 is 1.54 bits per heavy atom. The van der Waals surface area contributed by atoms with Gasteiger partial charge in [0.15, 0.2) is 0 Å². The Kier molecular flexibility index (Phi) is 6.86. The molecule has 0 atom stereocenters. The van der Waals surface area contributed by atoms with Gasteiger partial charge < -0.3 is 9.80 Å². The maximum atomic E-state index is 12.9. The Balaban J connectivity index is 1.26. The molecule has 1 aliphatic heterocycles. The van der Waals surface area contributed by atoms with Gasteiger partial charge in [-0.1, -0.05) is 54.6 Å². The highest BCUT2D eigenvalue weighted by Gasteiger charge is 2.24. The molecule has 5 rings (SSSR count). The third-order valence-electron chi connectivity index (χ3n) is 6.04. The number of carbonyl (C=O) groups excluding carboxylic acids is 2. The van der Waals surface area contributed by atoms with Crippen molar-refractivity contribution in [1.29, 1.82) is 0 Å². The van der Waals surface area contributed by atoms with E-state index in [1.165, 1.54) is 5.56 Å². The number of benzene rings is 2. The molecule has 35 heavy (non-hydrogen) atoms. The number of hydrogen-bond acceptors (Lipinski definition) is 4. The van der Waals surface area contributed by atoms with Gasteiger partial charge in [-0.2, -0.15) is 5.10 Å². The average Bonchev–Trinajstić information content (AvgIpc) is 3.58. The Morgan fingerprint density at radius 3 is 2.23 bits per heavy atom. The van der Waals surface area contributed by atoms with Crippen LogP contribution >= 0.6 is 11.3 Å². The van der Waals surface area contributed by atoms with E-state index in [-0.39, 0.29) is 11.8 Å². The summed E-state index contributed by atoms with van der Waals surface area (Å²) in [6.07, 6.45) is 5.46. The fourth-order valence-electron chi connectivity index (χ4n) is 4.17. The fourth-order valence-corrected chi connectivity index (χ4v) is 4.91. The fraction of sp³-hybridized carbons (Fsp3) is 0.179. The van der Waals surface area contributed by atoms with Crippen LogP contribution in [0.5, 0.6) is 0 Å². The van der Waals surface area contributed by atoms with Crippen molar-refractivity contribution in [3.8, 4) is 10.6 Å². The number of nitrogens with zero attached hydrogens (tertiary/aromatic N) is 4. The van der Waals surface area contributed by atoms with Crippen molar-refractivity contribution < 1.29 is 9.59 Å². The molecule has 0 aliphatic carbocycles. The number of aromatic nitrogens is 2. The summed E-state index contributed by atoms with van der Waals surface area (Å²) in [7, 11) is 0. The molecule has 0 saturated carbocycles. The maximum absolute atomic E-state index is 12.9. The lowest BCUT2D eigenvalue weighted by atomic mass is 10.1. The van der Waals surface area contributed by atoms with Crippen LogP contribution in [0.1, 0.15) is 21.5 Å². The van der Waals surface area contributed by atoms with E-state index in [1.807, 2.05) is 87.9 Å². The van der Waals surface area contributed by atoms with Crippen LogP contribution < -0.4 is 0 Å². The summed E-state index contributed by atoms with van der Waals surface area (Å²) < 4.78 is 1.92. The molecule has 0 unspecified atom stereocenters. The monoisotopic (exact) mass is 482 g/mol. The maximum Gasteiger partial charge on any atom is 0.253 e. The van der Waals surface area contributed by atoms with Crippen molar-refractivity contribution in [3.05, 3.63) is 107 Å². The van der Waals surface area contributed by atoms with Gasteiger partial charge in [0.2, 0.25) is 5.91 Å². The standard InChI is InChI=1S/C28H26N4O2S/c33-26(30-15-17-31(18-16-30)28(34)23-10-5-2-6-11-23)14-13-24-21-32(20-22-8-3-1-4-9-22)29-27(24)25-12-7-19-35-25/h1-14,19,21H,15-18,20H2/b14-13+. The summed E-state index contributed by atoms with van der Waals surface area (Å²) in [5.41, 5.74) is 3.64. The van der Waals surface area contributed by atoms with E-state index >= 15 is 0 Å². The normalized spacial score (nSPS) is 13.9. The third kappa shape index (κ3) is 5.41. The zero-order chi connectivity index (χ0) is 24.0. The van der Waals surface area contributed by atoms with Gasteiger partial charge in [0.1, 0.15) is 5.69 Å². The molecule has 4 aromatic rings. The van der Waals surface area contributed by atoms with Crippen LogP contribution in [0.2, 0.25) is 0 Å². The molecule has 7 heteroatoms. The van der Waals surface area contributed by atoms with Crippen LogP contribution in [0.15, 0.2) is 90.4 Å². The molecule has 2 aromatic heterocycles. The number of hydrogen-bond donors (Lipinski definition) is 0. The van der Waals surface area contributed by atoms with Gasteiger partial charge in [0.05, 0.1) is 11.4 Å². The smallest absolute Gasteiger partial charge is 0.253 e.